The van der Waals surface area contributed by atoms with Gasteiger partial charge in [-0.3, -0.25) is 9.10 Å². The Balaban J connectivity index is 1.82. The first-order chi connectivity index (χ1) is 17.3. The summed E-state index contributed by atoms with van der Waals surface area (Å²) in [4.78, 5) is 13.0. The van der Waals surface area contributed by atoms with Crippen LogP contribution in [-0.4, -0.2) is 41.6 Å². The topological polar surface area (TPSA) is 84.9 Å². The Bertz CT molecular complexity index is 1240. The zero-order valence-electron chi connectivity index (χ0n) is 21.2. The van der Waals surface area contributed by atoms with Crippen LogP contribution >= 0.6 is 0 Å². The fraction of sp³-hybridized carbons (Fsp3) is 0.321. The fourth-order valence-electron chi connectivity index (χ4n) is 3.88. The first kappa shape index (κ1) is 27.1. The predicted octanol–water partition coefficient (Wildman–Crippen LogP) is 4.59. The Labute approximate surface area is 214 Å². The van der Waals surface area contributed by atoms with Gasteiger partial charge in [0.25, 0.3) is 10.0 Å². The van der Waals surface area contributed by atoms with Crippen LogP contribution in [0.2, 0.25) is 0 Å². The maximum Gasteiger partial charge on any atom is 0.264 e. The second-order valence-corrected chi connectivity index (χ2v) is 10.5. The van der Waals surface area contributed by atoms with E-state index in [1.165, 1.54) is 38.0 Å². The average molecular weight is 511 g/mol. The van der Waals surface area contributed by atoms with E-state index in [1.807, 2.05) is 37.3 Å². The number of hydrogen-bond acceptors (Lipinski definition) is 5. The highest BCUT2D eigenvalue weighted by atomic mass is 32.2. The van der Waals surface area contributed by atoms with Crippen LogP contribution in [0.5, 0.6) is 11.5 Å². The van der Waals surface area contributed by atoms with Gasteiger partial charge in [0.1, 0.15) is 6.54 Å². The van der Waals surface area contributed by atoms with Crippen LogP contribution in [0.15, 0.2) is 77.7 Å². The number of carbonyl (C=O) groups excluding carboxylic acids is 1. The van der Waals surface area contributed by atoms with Gasteiger partial charge in [-0.2, -0.15) is 0 Å². The van der Waals surface area contributed by atoms with Gasteiger partial charge in [0.2, 0.25) is 5.91 Å². The van der Waals surface area contributed by atoms with E-state index < -0.39 is 10.0 Å². The molecule has 1 amide bonds. The van der Waals surface area contributed by atoms with Crippen molar-refractivity contribution in [1.82, 2.24) is 5.32 Å². The Morgan fingerprint density at radius 3 is 2.22 bits per heavy atom. The molecule has 0 saturated carbocycles. The highest BCUT2D eigenvalue weighted by Gasteiger charge is 2.28. The van der Waals surface area contributed by atoms with Gasteiger partial charge >= 0.3 is 0 Å². The van der Waals surface area contributed by atoms with E-state index in [9.17, 15) is 13.2 Å². The summed E-state index contributed by atoms with van der Waals surface area (Å²) in [7, 11) is -1.15. The van der Waals surface area contributed by atoms with Crippen LogP contribution in [0.4, 0.5) is 5.69 Å². The van der Waals surface area contributed by atoms with Crippen LogP contribution in [0.1, 0.15) is 24.5 Å². The van der Waals surface area contributed by atoms with Gasteiger partial charge in [0.05, 0.1) is 24.8 Å². The van der Waals surface area contributed by atoms with E-state index in [-0.39, 0.29) is 23.3 Å². The van der Waals surface area contributed by atoms with Crippen LogP contribution in [0, 0.1) is 12.8 Å². The molecule has 1 atom stereocenters. The number of methoxy groups -OCH3 is 2. The maximum atomic E-state index is 13.7. The number of benzene rings is 3. The standard InChI is InChI=1S/C28H34N2O5S/c1-5-22(17-23-9-7-6-8-10-23)19-29-28(31)20-30(24-13-11-21(2)12-14-24)36(32,33)25-15-16-26(34-3)27(18-25)35-4/h6-16,18,22H,5,17,19-20H2,1-4H3,(H,29,31). The number of nitrogens with one attached hydrogen (secondary N) is 1. The second kappa shape index (κ2) is 12.4. The zero-order valence-corrected chi connectivity index (χ0v) is 22.0. The summed E-state index contributed by atoms with van der Waals surface area (Å²) in [6.45, 7) is 4.12. The van der Waals surface area contributed by atoms with Gasteiger partial charge in [-0.1, -0.05) is 61.4 Å². The third kappa shape index (κ3) is 6.79. The SMILES string of the molecule is CCC(CNC(=O)CN(c1ccc(C)cc1)S(=O)(=O)c1ccc(OC)c(OC)c1)Cc1ccccc1. The summed E-state index contributed by atoms with van der Waals surface area (Å²) in [5.74, 6) is 0.580. The summed E-state index contributed by atoms with van der Waals surface area (Å²) in [6, 6.07) is 21.5. The lowest BCUT2D eigenvalue weighted by molar-refractivity contribution is -0.119. The number of rotatable bonds is 12. The number of carbonyl (C=O) groups is 1. The normalized spacial score (nSPS) is 12.0. The first-order valence-corrected chi connectivity index (χ1v) is 13.3. The molecule has 0 aromatic heterocycles. The lowest BCUT2D eigenvalue weighted by Gasteiger charge is -2.25. The molecular weight excluding hydrogens is 476 g/mol. The van der Waals surface area contributed by atoms with Crippen molar-refractivity contribution in [2.24, 2.45) is 5.92 Å². The molecule has 7 nitrogen and oxygen atoms in total. The van der Waals surface area contributed by atoms with Crippen molar-refractivity contribution in [3.8, 4) is 11.5 Å². The van der Waals surface area contributed by atoms with Gasteiger partial charge < -0.3 is 14.8 Å². The fourth-order valence-corrected chi connectivity index (χ4v) is 5.32. The number of amides is 1. The molecule has 0 aliphatic rings. The Morgan fingerprint density at radius 2 is 1.61 bits per heavy atom. The van der Waals surface area contributed by atoms with Gasteiger partial charge in [-0.25, -0.2) is 8.42 Å². The quantitative estimate of drug-likeness (QED) is 0.385. The number of anilines is 1. The van der Waals surface area contributed by atoms with E-state index in [0.717, 1.165) is 22.7 Å². The highest BCUT2D eigenvalue weighted by molar-refractivity contribution is 7.92. The maximum absolute atomic E-state index is 13.7. The predicted molar refractivity (Wildman–Crippen MR) is 142 cm³/mol. The second-order valence-electron chi connectivity index (χ2n) is 8.63. The van der Waals surface area contributed by atoms with Crippen molar-refractivity contribution in [3.05, 3.63) is 83.9 Å². The molecule has 0 aliphatic heterocycles. The van der Waals surface area contributed by atoms with Gasteiger partial charge in [0.15, 0.2) is 11.5 Å². The molecule has 0 heterocycles. The summed E-state index contributed by atoms with van der Waals surface area (Å²) in [6.07, 6.45) is 1.73. The molecule has 3 rings (SSSR count). The minimum Gasteiger partial charge on any atom is -0.493 e. The van der Waals surface area contributed by atoms with Crippen LogP contribution in [-0.2, 0) is 21.2 Å². The molecule has 3 aromatic carbocycles. The van der Waals surface area contributed by atoms with Crippen molar-refractivity contribution >= 4 is 21.6 Å². The lowest BCUT2D eigenvalue weighted by Crippen LogP contribution is -2.42. The summed E-state index contributed by atoms with van der Waals surface area (Å²) < 4.78 is 39.1. The van der Waals surface area contributed by atoms with Gasteiger partial charge in [-0.15, -0.1) is 0 Å². The Hall–Kier alpha value is -3.52. The minimum absolute atomic E-state index is 0.00374. The molecule has 1 N–H and O–H groups in total. The molecule has 0 radical (unpaired) electrons. The summed E-state index contributed by atoms with van der Waals surface area (Å²) in [5, 5.41) is 2.94. The monoisotopic (exact) mass is 510 g/mol. The largest absolute Gasteiger partial charge is 0.493 e. The third-order valence-electron chi connectivity index (χ3n) is 6.08. The number of ether oxygens (including phenoxy) is 2. The Kier molecular flexibility index (Phi) is 9.36. The van der Waals surface area contributed by atoms with Crippen LogP contribution in [0.3, 0.4) is 0 Å². The van der Waals surface area contributed by atoms with Crippen molar-refractivity contribution in [2.45, 2.75) is 31.6 Å². The minimum atomic E-state index is -4.08. The van der Waals surface area contributed by atoms with Crippen molar-refractivity contribution in [2.75, 3.05) is 31.6 Å². The van der Waals surface area contributed by atoms with E-state index in [1.54, 1.807) is 12.1 Å². The van der Waals surface area contributed by atoms with E-state index >= 15 is 0 Å². The van der Waals surface area contributed by atoms with Gasteiger partial charge in [0, 0.05) is 12.6 Å². The van der Waals surface area contributed by atoms with Crippen LogP contribution in [0.25, 0.3) is 0 Å². The molecule has 36 heavy (non-hydrogen) atoms. The number of aryl methyl sites for hydroxylation is 1. The smallest absolute Gasteiger partial charge is 0.264 e. The molecule has 0 saturated heterocycles. The first-order valence-electron chi connectivity index (χ1n) is 11.9. The third-order valence-corrected chi connectivity index (χ3v) is 7.85. The molecular formula is C28H34N2O5S. The summed E-state index contributed by atoms with van der Waals surface area (Å²) >= 11 is 0. The molecule has 1 unspecified atom stereocenters. The average Bonchev–Trinajstić information content (AvgIpc) is 2.90. The summed E-state index contributed by atoms with van der Waals surface area (Å²) in [5.41, 5.74) is 2.59. The molecule has 0 bridgehead atoms. The Morgan fingerprint density at radius 1 is 0.944 bits per heavy atom. The highest BCUT2D eigenvalue weighted by Crippen LogP contribution is 2.32. The van der Waals surface area contributed by atoms with Crippen molar-refractivity contribution < 1.29 is 22.7 Å². The molecule has 8 heteroatoms. The van der Waals surface area contributed by atoms with E-state index in [0.29, 0.717) is 23.7 Å². The number of hydrogen-bond donors (Lipinski definition) is 1. The van der Waals surface area contributed by atoms with Gasteiger partial charge in [-0.05, 0) is 49.1 Å². The van der Waals surface area contributed by atoms with Crippen LogP contribution < -0.4 is 19.1 Å². The number of sulfonamides is 1. The zero-order chi connectivity index (χ0) is 26.1. The number of nitrogens with zero attached hydrogens (tertiary/aromatic N) is 1. The van der Waals surface area contributed by atoms with Crippen molar-refractivity contribution in [1.29, 1.82) is 0 Å². The molecule has 0 spiro atoms. The lowest BCUT2D eigenvalue weighted by atomic mass is 9.97. The molecule has 0 aliphatic carbocycles. The van der Waals surface area contributed by atoms with Crippen molar-refractivity contribution in [3.63, 3.8) is 0 Å². The van der Waals surface area contributed by atoms with E-state index in [2.05, 4.69) is 24.4 Å². The van der Waals surface area contributed by atoms with E-state index in [4.69, 9.17) is 9.47 Å². The molecule has 3 aromatic rings. The molecule has 0 fully saturated rings. The molecule has 192 valence electrons.